The second kappa shape index (κ2) is 10.4. The summed E-state index contributed by atoms with van der Waals surface area (Å²) >= 11 is 12.2. The Hall–Kier alpha value is -3.23. The third-order valence-electron chi connectivity index (χ3n) is 5.77. The first-order chi connectivity index (χ1) is 17.1. The third-order valence-corrected chi connectivity index (χ3v) is 6.28. The van der Waals surface area contributed by atoms with Crippen molar-refractivity contribution >= 4 is 35.1 Å². The number of benzene rings is 3. The van der Waals surface area contributed by atoms with Crippen molar-refractivity contribution < 1.29 is 22.7 Å². The van der Waals surface area contributed by atoms with Crippen molar-refractivity contribution in [2.24, 2.45) is 4.99 Å². The number of halogens is 5. The number of rotatable bonds is 5. The number of nitrogens with one attached hydrogen (secondary N) is 1. The second-order valence-electron chi connectivity index (χ2n) is 8.01. The Labute approximate surface area is 216 Å². The zero-order valence-electron chi connectivity index (χ0n) is 19.3. The highest BCUT2D eigenvalue weighted by Crippen LogP contribution is 2.45. The van der Waals surface area contributed by atoms with Gasteiger partial charge in [-0.3, -0.25) is 9.89 Å². The van der Waals surface area contributed by atoms with E-state index in [2.05, 4.69) is 5.32 Å². The van der Waals surface area contributed by atoms with Gasteiger partial charge in [-0.1, -0.05) is 47.5 Å². The topological polar surface area (TPSA) is 53.9 Å². The summed E-state index contributed by atoms with van der Waals surface area (Å²) in [6, 6.07) is 15.5. The Morgan fingerprint density at radius 1 is 1.00 bits per heavy atom. The minimum Gasteiger partial charge on any atom is -0.493 e. The van der Waals surface area contributed by atoms with Crippen LogP contribution in [0.25, 0.3) is 0 Å². The summed E-state index contributed by atoms with van der Waals surface area (Å²) in [6.07, 6.45) is -4.56. The molecule has 36 heavy (non-hydrogen) atoms. The molecule has 0 spiro atoms. The molecule has 3 aromatic carbocycles. The van der Waals surface area contributed by atoms with Crippen LogP contribution >= 0.6 is 23.2 Å². The van der Waals surface area contributed by atoms with Gasteiger partial charge in [-0.15, -0.1) is 0 Å². The number of alkyl halides is 3. The maximum absolute atomic E-state index is 13.4. The summed E-state index contributed by atoms with van der Waals surface area (Å²) in [5.41, 5.74) is 0.923. The molecule has 2 amide bonds. The zero-order valence-corrected chi connectivity index (χ0v) is 20.8. The van der Waals surface area contributed by atoms with Gasteiger partial charge in [0.1, 0.15) is 17.6 Å². The van der Waals surface area contributed by atoms with E-state index in [1.165, 1.54) is 18.0 Å². The summed E-state index contributed by atoms with van der Waals surface area (Å²) in [5.74, 6) is 0.165. The maximum atomic E-state index is 13.4. The number of aliphatic imine (C=N–C) groups is 1. The molecule has 1 heterocycles. The van der Waals surface area contributed by atoms with Gasteiger partial charge < -0.3 is 10.1 Å². The lowest BCUT2D eigenvalue weighted by molar-refractivity contribution is -0.137. The molecule has 1 aliphatic rings. The molecular formula is C26H22Cl2F3N3O2. The van der Waals surface area contributed by atoms with Crippen LogP contribution in [0.5, 0.6) is 5.75 Å². The number of ether oxygens (including phenoxy) is 1. The normalized spacial score (nSPS) is 17.6. The molecule has 2 unspecified atom stereocenters. The Morgan fingerprint density at radius 3 is 2.11 bits per heavy atom. The molecular weight excluding hydrogens is 514 g/mol. The molecule has 0 aliphatic carbocycles. The molecule has 0 fully saturated rings. The largest absolute Gasteiger partial charge is 0.493 e. The van der Waals surface area contributed by atoms with Crippen molar-refractivity contribution in [3.63, 3.8) is 0 Å². The molecule has 0 aromatic heterocycles. The SMILES string of the molecule is CCOc1cc(C(F)(F)F)ccc1C1=NC(c2ccc(Cl)cc2)C(c2ccc(Cl)cc2)N1C(=O)NC. The van der Waals surface area contributed by atoms with E-state index in [0.29, 0.717) is 10.0 Å². The molecule has 1 N–H and O–H groups in total. The zero-order chi connectivity index (χ0) is 26.0. The maximum Gasteiger partial charge on any atom is 0.416 e. The first-order valence-corrected chi connectivity index (χ1v) is 11.8. The van der Waals surface area contributed by atoms with Crippen molar-refractivity contribution in [3.8, 4) is 5.75 Å². The molecule has 188 valence electrons. The molecule has 4 rings (SSSR count). The van der Waals surface area contributed by atoms with Gasteiger partial charge in [0.25, 0.3) is 0 Å². The van der Waals surface area contributed by atoms with Gasteiger partial charge >= 0.3 is 12.2 Å². The fraction of sp³-hybridized carbons (Fsp3) is 0.231. The summed E-state index contributed by atoms with van der Waals surface area (Å²) in [4.78, 5) is 19.5. The van der Waals surface area contributed by atoms with Gasteiger partial charge in [0.15, 0.2) is 0 Å². The van der Waals surface area contributed by atoms with Crippen LogP contribution in [0.3, 0.4) is 0 Å². The number of amidine groups is 1. The van der Waals surface area contributed by atoms with Crippen LogP contribution in [-0.2, 0) is 6.18 Å². The molecule has 0 radical (unpaired) electrons. The minimum absolute atomic E-state index is 0.0217. The van der Waals surface area contributed by atoms with E-state index in [1.54, 1.807) is 55.5 Å². The van der Waals surface area contributed by atoms with Crippen LogP contribution in [-0.4, -0.2) is 30.4 Å². The summed E-state index contributed by atoms with van der Waals surface area (Å²) < 4.78 is 45.9. The van der Waals surface area contributed by atoms with Gasteiger partial charge in [0.2, 0.25) is 0 Å². The first kappa shape index (κ1) is 25.9. The average molecular weight is 536 g/mol. The number of nitrogens with zero attached hydrogens (tertiary/aromatic N) is 2. The van der Waals surface area contributed by atoms with Crippen molar-refractivity contribution in [2.75, 3.05) is 13.7 Å². The van der Waals surface area contributed by atoms with Crippen molar-refractivity contribution in [1.82, 2.24) is 10.2 Å². The van der Waals surface area contributed by atoms with Crippen LogP contribution in [0.15, 0.2) is 71.7 Å². The molecule has 1 aliphatic heterocycles. The van der Waals surface area contributed by atoms with Gasteiger partial charge in [0, 0.05) is 17.1 Å². The van der Waals surface area contributed by atoms with Crippen LogP contribution in [0.2, 0.25) is 10.0 Å². The van der Waals surface area contributed by atoms with Gasteiger partial charge in [-0.2, -0.15) is 13.2 Å². The lowest BCUT2D eigenvalue weighted by Crippen LogP contribution is -2.43. The van der Waals surface area contributed by atoms with E-state index in [9.17, 15) is 18.0 Å². The monoisotopic (exact) mass is 535 g/mol. The molecule has 5 nitrogen and oxygen atoms in total. The number of urea groups is 1. The number of hydrogen-bond acceptors (Lipinski definition) is 3. The van der Waals surface area contributed by atoms with E-state index >= 15 is 0 Å². The highest BCUT2D eigenvalue weighted by molar-refractivity contribution is 6.30. The minimum atomic E-state index is -4.56. The third kappa shape index (κ3) is 5.15. The van der Waals surface area contributed by atoms with Gasteiger partial charge in [-0.05, 0) is 60.5 Å². The van der Waals surface area contributed by atoms with Crippen LogP contribution in [0.1, 0.15) is 41.3 Å². The summed E-state index contributed by atoms with van der Waals surface area (Å²) in [6.45, 7) is 1.80. The summed E-state index contributed by atoms with van der Waals surface area (Å²) in [5, 5.41) is 3.68. The van der Waals surface area contributed by atoms with E-state index in [4.69, 9.17) is 32.9 Å². The van der Waals surface area contributed by atoms with Crippen LogP contribution in [0, 0.1) is 0 Å². The predicted octanol–water partition coefficient (Wildman–Crippen LogP) is 7.30. The van der Waals surface area contributed by atoms with E-state index in [0.717, 1.165) is 23.3 Å². The smallest absolute Gasteiger partial charge is 0.416 e. The Kier molecular flexibility index (Phi) is 7.47. The predicted molar refractivity (Wildman–Crippen MR) is 134 cm³/mol. The van der Waals surface area contributed by atoms with Crippen molar-refractivity contribution in [2.45, 2.75) is 25.2 Å². The Balaban J connectivity index is 1.93. The lowest BCUT2D eigenvalue weighted by atomic mass is 9.94. The van der Waals surface area contributed by atoms with Gasteiger partial charge in [-0.25, -0.2) is 4.79 Å². The fourth-order valence-corrected chi connectivity index (χ4v) is 4.40. The first-order valence-electron chi connectivity index (χ1n) is 11.1. The Bertz CT molecular complexity index is 1280. The number of carbonyl (C=O) groups is 1. The molecule has 0 bridgehead atoms. The van der Waals surface area contributed by atoms with Gasteiger partial charge in [0.05, 0.1) is 23.8 Å². The molecule has 3 aromatic rings. The van der Waals surface area contributed by atoms with Crippen LogP contribution in [0.4, 0.5) is 18.0 Å². The number of hydrogen-bond donors (Lipinski definition) is 1. The van der Waals surface area contributed by atoms with Crippen molar-refractivity contribution in [3.05, 3.63) is 99.0 Å². The molecule has 10 heteroatoms. The quantitative estimate of drug-likeness (QED) is 0.372. The van der Waals surface area contributed by atoms with Crippen LogP contribution < -0.4 is 10.1 Å². The van der Waals surface area contributed by atoms with E-state index in [1.807, 2.05) is 0 Å². The highest BCUT2D eigenvalue weighted by atomic mass is 35.5. The van der Waals surface area contributed by atoms with E-state index < -0.39 is 29.9 Å². The lowest BCUT2D eigenvalue weighted by Gasteiger charge is -2.29. The second-order valence-corrected chi connectivity index (χ2v) is 8.89. The van der Waals surface area contributed by atoms with E-state index in [-0.39, 0.29) is 23.8 Å². The Morgan fingerprint density at radius 2 is 1.58 bits per heavy atom. The number of amides is 2. The number of carbonyl (C=O) groups excluding carboxylic acids is 1. The highest BCUT2D eigenvalue weighted by Gasteiger charge is 2.43. The summed E-state index contributed by atoms with van der Waals surface area (Å²) in [7, 11) is 1.48. The average Bonchev–Trinajstić information content (AvgIpc) is 3.24. The van der Waals surface area contributed by atoms with Crippen molar-refractivity contribution in [1.29, 1.82) is 0 Å². The standard InChI is InChI=1S/C26H22Cl2F3N3O2/c1-3-36-21-14-17(26(29,30)31)8-13-20(21)24-33-22(15-4-9-18(27)10-5-15)23(34(24)25(35)32-2)16-6-11-19(28)12-7-16/h4-14,22-23H,3H2,1-2H3,(H,32,35). The molecule has 2 atom stereocenters. The molecule has 0 saturated carbocycles. The molecule has 0 saturated heterocycles. The fourth-order valence-electron chi connectivity index (χ4n) is 4.15.